The molecule has 2 heterocycles. The first-order valence-electron chi connectivity index (χ1n) is 21.0. The summed E-state index contributed by atoms with van der Waals surface area (Å²) in [6.45, 7) is 4.25. The van der Waals surface area contributed by atoms with Gasteiger partial charge in [-0.25, -0.2) is 0 Å². The highest BCUT2D eigenvalue weighted by Gasteiger charge is 2.40. The molecule has 0 unspecified atom stereocenters. The van der Waals surface area contributed by atoms with Gasteiger partial charge in [-0.2, -0.15) is 0 Å². The van der Waals surface area contributed by atoms with Crippen molar-refractivity contribution >= 4 is 0 Å². The zero-order chi connectivity index (χ0) is 37.7. The van der Waals surface area contributed by atoms with E-state index >= 15 is 0 Å². The molecule has 9 heteroatoms. The maximum Gasteiger partial charge on any atom is 0.207 e. The third-order valence-corrected chi connectivity index (χ3v) is 11.6. The van der Waals surface area contributed by atoms with Crippen molar-refractivity contribution in [2.75, 3.05) is 28.4 Å². The number of rotatable bonds is 29. The van der Waals surface area contributed by atoms with E-state index in [4.69, 9.17) is 28.4 Å². The second kappa shape index (κ2) is 25.3. The summed E-state index contributed by atoms with van der Waals surface area (Å²) in [6.07, 6.45) is 23.7. The van der Waals surface area contributed by atoms with Gasteiger partial charge in [-0.1, -0.05) is 90.4 Å². The lowest BCUT2D eigenvalue weighted by atomic mass is 9.97. The van der Waals surface area contributed by atoms with Crippen LogP contribution in [0.5, 0.6) is 23.0 Å². The molecule has 2 aliphatic heterocycles. The number of hydrogen-bond acceptors (Lipinski definition) is 9. The summed E-state index contributed by atoms with van der Waals surface area (Å²) in [6, 6.07) is 0. The van der Waals surface area contributed by atoms with Crippen LogP contribution in [0.1, 0.15) is 166 Å². The molecule has 0 saturated carbocycles. The van der Waals surface area contributed by atoms with E-state index in [0.29, 0.717) is 23.7 Å². The van der Waals surface area contributed by atoms with Gasteiger partial charge in [0.2, 0.25) is 11.5 Å². The number of unbranched alkanes of at least 4 members (excludes halogenated alkanes) is 12. The fourth-order valence-electron chi connectivity index (χ4n) is 8.40. The summed E-state index contributed by atoms with van der Waals surface area (Å²) in [7, 11) is 6.59. The van der Waals surface area contributed by atoms with Crippen molar-refractivity contribution in [3.8, 4) is 23.0 Å². The first-order chi connectivity index (χ1) is 25.3. The first kappa shape index (κ1) is 44.6. The standard InChI is InChI=1S/C43H76O9/c1-7-8-9-18-22-32(44)23-21-26-35(46)37-28-30-39(52-37)38-29-27-36(51-38)34(45)25-20-17-15-13-11-10-12-14-16-19-24-33-31(2)40(47-3)42(49-5)43(50-6)41(33)48-4/h32,34-39,44-46H,7-30H2,1-6H3/t32-,34+,35+,36+,37+,38+,39+/m0/s1. The normalized spacial score (nSPS) is 22.0. The van der Waals surface area contributed by atoms with Crippen LogP contribution in [-0.4, -0.2) is 86.5 Å². The zero-order valence-corrected chi connectivity index (χ0v) is 33.8. The van der Waals surface area contributed by atoms with Gasteiger partial charge in [0, 0.05) is 11.1 Å². The number of hydrogen-bond donors (Lipinski definition) is 3. The van der Waals surface area contributed by atoms with Gasteiger partial charge in [0.05, 0.1) is 71.2 Å². The average Bonchev–Trinajstić information content (AvgIpc) is 3.85. The van der Waals surface area contributed by atoms with Gasteiger partial charge in [-0.3, -0.25) is 0 Å². The van der Waals surface area contributed by atoms with Crippen LogP contribution in [0.2, 0.25) is 0 Å². The molecule has 0 aromatic heterocycles. The molecule has 2 fully saturated rings. The molecule has 2 saturated heterocycles. The van der Waals surface area contributed by atoms with E-state index in [0.717, 1.165) is 100 Å². The van der Waals surface area contributed by atoms with E-state index in [1.54, 1.807) is 28.4 Å². The molecule has 52 heavy (non-hydrogen) atoms. The lowest BCUT2D eigenvalue weighted by molar-refractivity contribution is -0.110. The average molecular weight is 737 g/mol. The fourth-order valence-corrected chi connectivity index (χ4v) is 8.40. The quantitative estimate of drug-likeness (QED) is 0.0693. The maximum absolute atomic E-state index is 10.9. The minimum Gasteiger partial charge on any atom is -0.492 e. The highest BCUT2D eigenvalue weighted by molar-refractivity contribution is 5.66. The minimum atomic E-state index is -0.485. The molecule has 0 amide bonds. The van der Waals surface area contributed by atoms with E-state index in [-0.39, 0.29) is 30.5 Å². The molecule has 0 bridgehead atoms. The van der Waals surface area contributed by atoms with Crippen LogP contribution in [0.25, 0.3) is 0 Å². The summed E-state index contributed by atoms with van der Waals surface area (Å²) in [4.78, 5) is 0. The SMILES string of the molecule is CCCCCC[C@H](O)CCC[C@@H](O)[C@H]1CC[C@H]([C@H]2CC[C@H]([C@H](O)CCCCCCCCCCCCc3c(C)c(OC)c(OC)c(OC)c3OC)O2)O1. The Labute approximate surface area is 316 Å². The van der Waals surface area contributed by atoms with Crippen LogP contribution in [-0.2, 0) is 15.9 Å². The van der Waals surface area contributed by atoms with Crippen LogP contribution >= 0.6 is 0 Å². The van der Waals surface area contributed by atoms with E-state index in [2.05, 4.69) is 13.8 Å². The van der Waals surface area contributed by atoms with Crippen molar-refractivity contribution in [3.05, 3.63) is 11.1 Å². The monoisotopic (exact) mass is 737 g/mol. The van der Waals surface area contributed by atoms with Gasteiger partial charge in [0.25, 0.3) is 0 Å². The smallest absolute Gasteiger partial charge is 0.207 e. The van der Waals surface area contributed by atoms with Crippen molar-refractivity contribution in [1.82, 2.24) is 0 Å². The predicted molar refractivity (Wildman–Crippen MR) is 208 cm³/mol. The largest absolute Gasteiger partial charge is 0.492 e. The molecule has 3 N–H and O–H groups in total. The van der Waals surface area contributed by atoms with Crippen molar-refractivity contribution in [2.45, 2.75) is 211 Å². The Hall–Kier alpha value is -1.78. The number of aliphatic hydroxyl groups excluding tert-OH is 3. The summed E-state index contributed by atoms with van der Waals surface area (Å²) in [5.74, 6) is 2.61. The van der Waals surface area contributed by atoms with Crippen molar-refractivity contribution in [3.63, 3.8) is 0 Å². The summed E-state index contributed by atoms with van der Waals surface area (Å²) in [5.41, 5.74) is 2.17. The van der Waals surface area contributed by atoms with Crippen LogP contribution in [0.15, 0.2) is 0 Å². The summed E-state index contributed by atoms with van der Waals surface area (Å²) < 4.78 is 35.2. The number of benzene rings is 1. The molecular formula is C43H76O9. The van der Waals surface area contributed by atoms with Crippen molar-refractivity contribution in [1.29, 1.82) is 0 Å². The van der Waals surface area contributed by atoms with Gasteiger partial charge in [-0.15, -0.1) is 0 Å². The highest BCUT2D eigenvalue weighted by atomic mass is 16.6. The van der Waals surface area contributed by atoms with Gasteiger partial charge in [0.1, 0.15) is 0 Å². The van der Waals surface area contributed by atoms with Gasteiger partial charge < -0.3 is 43.7 Å². The molecule has 302 valence electrons. The fraction of sp³-hybridized carbons (Fsp3) is 0.860. The third kappa shape index (κ3) is 14.1. The van der Waals surface area contributed by atoms with Crippen LogP contribution in [0.4, 0.5) is 0 Å². The van der Waals surface area contributed by atoms with Gasteiger partial charge >= 0.3 is 0 Å². The van der Waals surface area contributed by atoms with Crippen LogP contribution in [0, 0.1) is 6.92 Å². The maximum atomic E-state index is 10.9. The lowest BCUT2D eigenvalue weighted by Gasteiger charge is -2.24. The van der Waals surface area contributed by atoms with E-state index < -0.39 is 12.2 Å². The Morgan fingerprint density at radius 3 is 1.46 bits per heavy atom. The Balaban J connectivity index is 1.19. The second-order valence-electron chi connectivity index (χ2n) is 15.5. The van der Waals surface area contributed by atoms with E-state index in [1.165, 1.54) is 64.2 Å². The highest BCUT2D eigenvalue weighted by Crippen LogP contribution is 2.49. The Morgan fingerprint density at radius 1 is 0.519 bits per heavy atom. The summed E-state index contributed by atoms with van der Waals surface area (Å²) >= 11 is 0. The van der Waals surface area contributed by atoms with Crippen molar-refractivity contribution < 1.29 is 43.7 Å². The molecule has 0 aliphatic carbocycles. The van der Waals surface area contributed by atoms with Gasteiger partial charge in [-0.05, 0) is 77.6 Å². The molecule has 0 spiro atoms. The van der Waals surface area contributed by atoms with E-state index in [1.807, 2.05) is 0 Å². The van der Waals surface area contributed by atoms with Crippen molar-refractivity contribution in [2.24, 2.45) is 0 Å². The van der Waals surface area contributed by atoms with Gasteiger partial charge in [0.15, 0.2) is 11.5 Å². The molecule has 0 radical (unpaired) electrons. The topological polar surface area (TPSA) is 116 Å². The first-order valence-corrected chi connectivity index (χ1v) is 21.0. The Morgan fingerprint density at radius 2 is 0.942 bits per heavy atom. The Kier molecular flexibility index (Phi) is 21.7. The summed E-state index contributed by atoms with van der Waals surface area (Å²) in [5, 5.41) is 31.8. The molecule has 2 aliphatic rings. The number of ether oxygens (including phenoxy) is 6. The van der Waals surface area contributed by atoms with Crippen LogP contribution < -0.4 is 18.9 Å². The minimum absolute atomic E-state index is 0.00964. The van der Waals surface area contributed by atoms with Crippen LogP contribution in [0.3, 0.4) is 0 Å². The lowest BCUT2D eigenvalue weighted by Crippen LogP contribution is -2.33. The second-order valence-corrected chi connectivity index (χ2v) is 15.5. The third-order valence-electron chi connectivity index (χ3n) is 11.6. The predicted octanol–water partition coefficient (Wildman–Crippen LogP) is 9.18. The molecule has 1 aromatic rings. The molecule has 7 atom stereocenters. The molecule has 1 aromatic carbocycles. The molecule has 9 nitrogen and oxygen atoms in total. The van der Waals surface area contributed by atoms with E-state index in [9.17, 15) is 15.3 Å². The molecule has 3 rings (SSSR count). The number of aliphatic hydroxyl groups is 3. The molecular weight excluding hydrogens is 660 g/mol. The number of methoxy groups -OCH3 is 4. The Bertz CT molecular complexity index is 1100. The zero-order valence-electron chi connectivity index (χ0n) is 33.8.